The lowest BCUT2D eigenvalue weighted by molar-refractivity contribution is -0.181. The summed E-state index contributed by atoms with van der Waals surface area (Å²) in [5, 5.41) is 0. The van der Waals surface area contributed by atoms with E-state index in [1.807, 2.05) is 26.8 Å². The van der Waals surface area contributed by atoms with Crippen molar-refractivity contribution in [1.82, 2.24) is 0 Å². The highest BCUT2D eigenvalue weighted by Crippen LogP contribution is 2.46. The van der Waals surface area contributed by atoms with Crippen molar-refractivity contribution in [3.63, 3.8) is 0 Å². The minimum Gasteiger partial charge on any atom is -0.462 e. The van der Waals surface area contributed by atoms with Crippen molar-refractivity contribution in [3.8, 4) is 0 Å². The smallest absolute Gasteiger partial charge is 0.305 e. The van der Waals surface area contributed by atoms with E-state index in [4.69, 9.17) is 23.7 Å². The van der Waals surface area contributed by atoms with Gasteiger partial charge < -0.3 is 23.7 Å². The Kier molecular flexibility index (Phi) is 7.91. The number of rotatable bonds is 6. The summed E-state index contributed by atoms with van der Waals surface area (Å²) < 4.78 is 28.5. The van der Waals surface area contributed by atoms with E-state index in [1.54, 1.807) is 6.26 Å². The second-order valence-corrected chi connectivity index (χ2v) is 9.97. The molecule has 8 nitrogen and oxygen atoms in total. The molecule has 6 atom stereocenters. The van der Waals surface area contributed by atoms with E-state index in [-0.39, 0.29) is 23.6 Å². The fraction of sp³-hybridized carbons (Fsp3) is 0.654. The van der Waals surface area contributed by atoms with Gasteiger partial charge in [0.15, 0.2) is 0 Å². The maximum Gasteiger partial charge on any atom is 0.305 e. The van der Waals surface area contributed by atoms with Crippen LogP contribution in [-0.4, -0.2) is 48.1 Å². The number of fused-ring (bicyclic) bond motifs is 1. The minimum atomic E-state index is -0.873. The largest absolute Gasteiger partial charge is 0.462 e. The van der Waals surface area contributed by atoms with Crippen LogP contribution in [0.1, 0.15) is 67.2 Å². The first kappa shape index (κ1) is 26.0. The molecular formula is C26H36O8. The Labute approximate surface area is 201 Å². The lowest BCUT2D eigenvalue weighted by Gasteiger charge is -2.40. The first-order valence-corrected chi connectivity index (χ1v) is 11.8. The van der Waals surface area contributed by atoms with Crippen LogP contribution in [0.2, 0.25) is 0 Å². The van der Waals surface area contributed by atoms with Gasteiger partial charge in [0.2, 0.25) is 6.29 Å². The van der Waals surface area contributed by atoms with Crippen molar-refractivity contribution in [1.29, 1.82) is 0 Å². The van der Waals surface area contributed by atoms with Crippen LogP contribution in [0.4, 0.5) is 0 Å². The highest BCUT2D eigenvalue weighted by Gasteiger charge is 2.51. The Balaban J connectivity index is 1.97. The van der Waals surface area contributed by atoms with Crippen LogP contribution in [0, 0.1) is 11.8 Å². The van der Waals surface area contributed by atoms with Crippen molar-refractivity contribution < 1.29 is 38.1 Å². The summed E-state index contributed by atoms with van der Waals surface area (Å²) >= 11 is 0. The average molecular weight is 477 g/mol. The summed E-state index contributed by atoms with van der Waals surface area (Å²) in [6, 6.07) is 0. The molecule has 1 saturated heterocycles. The molecule has 0 aromatic carbocycles. The zero-order valence-electron chi connectivity index (χ0n) is 20.9. The Morgan fingerprint density at radius 1 is 1.15 bits per heavy atom. The molecule has 1 aliphatic carbocycles. The van der Waals surface area contributed by atoms with E-state index in [0.717, 1.165) is 16.7 Å². The highest BCUT2D eigenvalue weighted by molar-refractivity contribution is 5.67. The van der Waals surface area contributed by atoms with Gasteiger partial charge in [-0.2, -0.15) is 0 Å². The van der Waals surface area contributed by atoms with Gasteiger partial charge in [-0.05, 0) is 39.7 Å². The fourth-order valence-corrected chi connectivity index (χ4v) is 4.95. The molecule has 0 bridgehead atoms. The third kappa shape index (κ3) is 6.50. The Morgan fingerprint density at radius 2 is 1.79 bits per heavy atom. The van der Waals surface area contributed by atoms with Crippen LogP contribution in [0.15, 0.2) is 35.6 Å². The SMILES string of the molecule is C=C1C[C@@H](OC(C)=O)/C=C(\C)CC[C@@H]2C([C@H](C[C@H]3OC3(C)C)OC(C)=O)=CO[C@H](OC(C)=O)[C@@H]12. The van der Waals surface area contributed by atoms with Gasteiger partial charge in [0.1, 0.15) is 12.2 Å². The number of carbonyl (C=O) groups is 3. The number of esters is 3. The minimum absolute atomic E-state index is 0.0445. The third-order valence-corrected chi connectivity index (χ3v) is 6.62. The van der Waals surface area contributed by atoms with Gasteiger partial charge in [0.25, 0.3) is 0 Å². The molecule has 2 aliphatic heterocycles. The molecule has 188 valence electrons. The number of hydrogen-bond donors (Lipinski definition) is 0. The standard InChI is InChI=1S/C26H36O8/c1-14-8-9-20-21(22(32-17(4)28)12-23-26(6,7)34-23)13-30-25(33-18(5)29)24(20)15(2)11-19(10-14)31-16(3)27/h10,13,19-20,22-25H,2,8-9,11-12H2,1,3-7H3/b14-10+/t19-,20+,22-,23+,24-,25+/m0/s1. The molecule has 0 aromatic heterocycles. The molecule has 34 heavy (non-hydrogen) atoms. The first-order valence-electron chi connectivity index (χ1n) is 11.8. The van der Waals surface area contributed by atoms with Crippen LogP contribution in [0.25, 0.3) is 0 Å². The van der Waals surface area contributed by atoms with Gasteiger partial charge in [-0.25, -0.2) is 0 Å². The zero-order chi connectivity index (χ0) is 25.2. The lowest BCUT2D eigenvalue weighted by Crippen LogP contribution is -2.42. The van der Waals surface area contributed by atoms with Crippen LogP contribution in [0.5, 0.6) is 0 Å². The van der Waals surface area contributed by atoms with Crippen molar-refractivity contribution in [2.45, 2.75) is 97.4 Å². The lowest BCUT2D eigenvalue weighted by atomic mass is 9.74. The number of carbonyl (C=O) groups excluding carboxylic acids is 3. The molecule has 2 heterocycles. The molecule has 3 rings (SSSR count). The number of ether oxygens (including phenoxy) is 5. The summed E-state index contributed by atoms with van der Waals surface area (Å²) in [7, 11) is 0. The summed E-state index contributed by atoms with van der Waals surface area (Å²) in [5.74, 6) is -1.79. The maximum absolute atomic E-state index is 12.0. The molecule has 1 fully saturated rings. The van der Waals surface area contributed by atoms with E-state index in [9.17, 15) is 14.4 Å². The predicted molar refractivity (Wildman–Crippen MR) is 123 cm³/mol. The van der Waals surface area contributed by atoms with Crippen LogP contribution < -0.4 is 0 Å². The molecule has 0 radical (unpaired) electrons. The van der Waals surface area contributed by atoms with Gasteiger partial charge in [-0.1, -0.05) is 17.7 Å². The van der Waals surface area contributed by atoms with E-state index < -0.39 is 36.4 Å². The molecule has 0 aromatic rings. The highest BCUT2D eigenvalue weighted by atomic mass is 16.7. The van der Waals surface area contributed by atoms with Crippen LogP contribution in [-0.2, 0) is 38.1 Å². The van der Waals surface area contributed by atoms with Crippen molar-refractivity contribution in [2.24, 2.45) is 11.8 Å². The Bertz CT molecular complexity index is 898. The molecule has 3 aliphatic rings. The van der Waals surface area contributed by atoms with Crippen molar-refractivity contribution >= 4 is 17.9 Å². The predicted octanol–water partition coefficient (Wildman–Crippen LogP) is 4.14. The summed E-state index contributed by atoms with van der Waals surface area (Å²) in [6.45, 7) is 14.4. The first-order chi connectivity index (χ1) is 15.9. The Morgan fingerprint density at radius 3 is 2.35 bits per heavy atom. The molecule has 0 unspecified atom stereocenters. The topological polar surface area (TPSA) is 101 Å². The summed E-state index contributed by atoms with van der Waals surface area (Å²) in [6.07, 6.45) is 3.86. The van der Waals surface area contributed by atoms with Gasteiger partial charge in [-0.15, -0.1) is 0 Å². The summed E-state index contributed by atoms with van der Waals surface area (Å²) in [5.41, 5.74) is 2.36. The zero-order valence-corrected chi connectivity index (χ0v) is 20.9. The normalized spacial score (nSPS) is 32.6. The second-order valence-electron chi connectivity index (χ2n) is 9.97. The maximum atomic E-state index is 12.0. The van der Waals surface area contributed by atoms with Crippen molar-refractivity contribution in [2.75, 3.05) is 0 Å². The third-order valence-electron chi connectivity index (χ3n) is 6.62. The molecule has 0 N–H and O–H groups in total. The van der Waals surface area contributed by atoms with Gasteiger partial charge in [0, 0.05) is 45.1 Å². The second kappa shape index (κ2) is 10.3. The van der Waals surface area contributed by atoms with Crippen LogP contribution in [0.3, 0.4) is 0 Å². The van der Waals surface area contributed by atoms with E-state index >= 15 is 0 Å². The summed E-state index contributed by atoms with van der Waals surface area (Å²) in [4.78, 5) is 35.5. The monoisotopic (exact) mass is 476 g/mol. The average Bonchev–Trinajstić information content (AvgIpc) is 3.27. The number of allylic oxidation sites excluding steroid dienone is 1. The molecular weight excluding hydrogens is 440 g/mol. The van der Waals surface area contributed by atoms with Crippen LogP contribution >= 0.6 is 0 Å². The molecule has 0 spiro atoms. The fourth-order valence-electron chi connectivity index (χ4n) is 4.95. The number of epoxide rings is 1. The van der Waals surface area contributed by atoms with E-state index in [2.05, 4.69) is 6.58 Å². The van der Waals surface area contributed by atoms with Gasteiger partial charge in [-0.3, -0.25) is 14.4 Å². The number of hydrogen-bond acceptors (Lipinski definition) is 8. The van der Waals surface area contributed by atoms with E-state index in [1.165, 1.54) is 20.8 Å². The molecule has 0 amide bonds. The van der Waals surface area contributed by atoms with Gasteiger partial charge >= 0.3 is 17.9 Å². The molecule has 8 heteroatoms. The van der Waals surface area contributed by atoms with E-state index in [0.29, 0.717) is 25.7 Å². The van der Waals surface area contributed by atoms with Gasteiger partial charge in [0.05, 0.1) is 23.9 Å². The quantitative estimate of drug-likeness (QED) is 0.244. The van der Waals surface area contributed by atoms with Crippen molar-refractivity contribution in [3.05, 3.63) is 35.6 Å². The Hall–Kier alpha value is -2.61. The molecule has 0 saturated carbocycles.